The van der Waals surface area contributed by atoms with Crippen molar-refractivity contribution in [2.24, 2.45) is 0 Å². The number of hydrogen-bond donors (Lipinski definition) is 1. The molecule has 2 aromatic carbocycles. The SMILES string of the molecule is C=CCCOc1ccc(C(=O)Nc2ccc(N3CCC(N(C)C(C)=O)C3)cc2)cc1. The molecule has 0 bridgehead atoms. The molecular weight excluding hydrogens is 378 g/mol. The zero-order valence-electron chi connectivity index (χ0n) is 17.6. The largest absolute Gasteiger partial charge is 0.493 e. The van der Waals surface area contributed by atoms with Gasteiger partial charge in [-0.15, -0.1) is 6.58 Å². The van der Waals surface area contributed by atoms with Gasteiger partial charge in [-0.2, -0.15) is 0 Å². The number of benzene rings is 2. The molecular formula is C24H29N3O3. The summed E-state index contributed by atoms with van der Waals surface area (Å²) in [6, 6.07) is 15.2. The van der Waals surface area contributed by atoms with Crippen LogP contribution in [-0.4, -0.2) is 49.5 Å². The van der Waals surface area contributed by atoms with Gasteiger partial charge in [0.05, 0.1) is 12.6 Å². The van der Waals surface area contributed by atoms with Crippen molar-refractivity contribution in [2.75, 3.05) is 37.0 Å². The molecule has 0 radical (unpaired) electrons. The van der Waals surface area contributed by atoms with Crippen LogP contribution < -0.4 is 15.0 Å². The van der Waals surface area contributed by atoms with Crippen LogP contribution in [0.15, 0.2) is 61.2 Å². The summed E-state index contributed by atoms with van der Waals surface area (Å²) in [5, 5.41) is 2.93. The van der Waals surface area contributed by atoms with Crippen molar-refractivity contribution >= 4 is 23.2 Å². The second kappa shape index (κ2) is 9.96. The van der Waals surface area contributed by atoms with Crippen LogP contribution in [0.25, 0.3) is 0 Å². The monoisotopic (exact) mass is 407 g/mol. The molecule has 1 atom stereocenters. The van der Waals surface area contributed by atoms with Gasteiger partial charge >= 0.3 is 0 Å². The van der Waals surface area contributed by atoms with Crippen molar-refractivity contribution in [2.45, 2.75) is 25.8 Å². The Morgan fingerprint density at radius 2 is 1.90 bits per heavy atom. The van der Waals surface area contributed by atoms with E-state index in [4.69, 9.17) is 4.74 Å². The molecule has 3 rings (SSSR count). The minimum absolute atomic E-state index is 0.0938. The lowest BCUT2D eigenvalue weighted by atomic mass is 10.2. The maximum absolute atomic E-state index is 12.5. The summed E-state index contributed by atoms with van der Waals surface area (Å²) in [5.41, 5.74) is 2.41. The fraction of sp³-hybridized carbons (Fsp3) is 0.333. The lowest BCUT2D eigenvalue weighted by molar-refractivity contribution is -0.129. The Kier molecular flexibility index (Phi) is 7.12. The third-order valence-electron chi connectivity index (χ3n) is 5.41. The number of rotatable bonds is 8. The van der Waals surface area contributed by atoms with Gasteiger partial charge in [-0.05, 0) is 61.4 Å². The predicted octanol–water partition coefficient (Wildman–Crippen LogP) is 3.95. The highest BCUT2D eigenvalue weighted by Gasteiger charge is 2.27. The Morgan fingerprint density at radius 3 is 2.53 bits per heavy atom. The number of anilines is 2. The smallest absolute Gasteiger partial charge is 0.255 e. The summed E-state index contributed by atoms with van der Waals surface area (Å²) >= 11 is 0. The number of nitrogens with one attached hydrogen (secondary N) is 1. The third kappa shape index (κ3) is 5.41. The molecule has 0 aliphatic carbocycles. The van der Waals surface area contributed by atoms with Gasteiger partial charge in [-0.3, -0.25) is 9.59 Å². The van der Waals surface area contributed by atoms with Gasteiger partial charge in [-0.25, -0.2) is 0 Å². The molecule has 6 heteroatoms. The second-order valence-electron chi connectivity index (χ2n) is 7.47. The quantitative estimate of drug-likeness (QED) is 0.532. The molecule has 2 amide bonds. The summed E-state index contributed by atoms with van der Waals surface area (Å²) in [7, 11) is 1.86. The van der Waals surface area contributed by atoms with Crippen LogP contribution >= 0.6 is 0 Å². The highest BCUT2D eigenvalue weighted by Crippen LogP contribution is 2.24. The Bertz CT molecular complexity index is 878. The number of amides is 2. The average molecular weight is 408 g/mol. The van der Waals surface area contributed by atoms with Crippen molar-refractivity contribution in [1.29, 1.82) is 0 Å². The molecule has 1 aliphatic heterocycles. The van der Waals surface area contributed by atoms with E-state index in [9.17, 15) is 9.59 Å². The lowest BCUT2D eigenvalue weighted by Gasteiger charge is -2.24. The van der Waals surface area contributed by atoms with Gasteiger partial charge < -0.3 is 19.9 Å². The van der Waals surface area contributed by atoms with Crippen LogP contribution in [0, 0.1) is 0 Å². The first-order chi connectivity index (χ1) is 14.5. The average Bonchev–Trinajstić information content (AvgIpc) is 3.24. The van der Waals surface area contributed by atoms with Gasteiger partial charge in [0.2, 0.25) is 5.91 Å². The summed E-state index contributed by atoms with van der Waals surface area (Å²) in [4.78, 5) is 28.1. The molecule has 6 nitrogen and oxygen atoms in total. The highest BCUT2D eigenvalue weighted by molar-refractivity contribution is 6.04. The van der Waals surface area contributed by atoms with E-state index in [1.54, 1.807) is 37.3 Å². The van der Waals surface area contributed by atoms with Gasteiger partial charge in [-0.1, -0.05) is 6.08 Å². The maximum Gasteiger partial charge on any atom is 0.255 e. The molecule has 1 aliphatic rings. The van der Waals surface area contributed by atoms with E-state index >= 15 is 0 Å². The molecule has 2 aromatic rings. The predicted molar refractivity (Wildman–Crippen MR) is 120 cm³/mol. The molecule has 158 valence electrons. The fourth-order valence-corrected chi connectivity index (χ4v) is 3.47. The summed E-state index contributed by atoms with van der Waals surface area (Å²) in [5.74, 6) is 0.665. The Balaban J connectivity index is 1.55. The fourth-order valence-electron chi connectivity index (χ4n) is 3.47. The normalized spacial score (nSPS) is 15.5. The van der Waals surface area contributed by atoms with Crippen LogP contribution in [0.2, 0.25) is 0 Å². The van der Waals surface area contributed by atoms with Gasteiger partial charge in [0, 0.05) is 44.0 Å². The molecule has 1 saturated heterocycles. The van der Waals surface area contributed by atoms with Crippen LogP contribution in [0.3, 0.4) is 0 Å². The van der Waals surface area contributed by atoms with Gasteiger partial charge in [0.1, 0.15) is 5.75 Å². The van der Waals surface area contributed by atoms with Crippen molar-refractivity contribution < 1.29 is 14.3 Å². The topological polar surface area (TPSA) is 61.9 Å². The molecule has 1 heterocycles. The molecule has 1 unspecified atom stereocenters. The van der Waals surface area contributed by atoms with E-state index < -0.39 is 0 Å². The number of carbonyl (C=O) groups excluding carboxylic acids is 2. The molecule has 1 N–H and O–H groups in total. The Labute approximate surface area is 178 Å². The van der Waals surface area contributed by atoms with Crippen LogP contribution in [0.1, 0.15) is 30.1 Å². The standard InChI is InChI=1S/C24H29N3O3/c1-4-5-16-30-23-12-6-19(7-13-23)24(29)25-20-8-10-21(11-9-20)27-15-14-22(17-27)26(3)18(2)28/h4,6-13,22H,1,5,14-17H2,2-3H3,(H,25,29). The van der Waals surface area contributed by atoms with E-state index in [2.05, 4.69) is 16.8 Å². The summed E-state index contributed by atoms with van der Waals surface area (Å²) < 4.78 is 5.57. The van der Waals surface area contributed by atoms with Crippen molar-refractivity contribution in [3.8, 4) is 5.75 Å². The zero-order chi connectivity index (χ0) is 21.5. The Hall–Kier alpha value is -3.28. The minimum atomic E-state index is -0.162. The lowest BCUT2D eigenvalue weighted by Crippen LogP contribution is -2.37. The number of carbonyl (C=O) groups is 2. The van der Waals surface area contributed by atoms with Gasteiger partial charge in [0.15, 0.2) is 0 Å². The molecule has 0 spiro atoms. The number of ether oxygens (including phenoxy) is 1. The van der Waals surface area contributed by atoms with Crippen molar-refractivity contribution in [3.63, 3.8) is 0 Å². The van der Waals surface area contributed by atoms with Crippen LogP contribution in [-0.2, 0) is 4.79 Å². The second-order valence-corrected chi connectivity index (χ2v) is 7.47. The molecule has 0 aromatic heterocycles. The Morgan fingerprint density at radius 1 is 1.20 bits per heavy atom. The maximum atomic E-state index is 12.5. The van der Waals surface area contributed by atoms with Crippen LogP contribution in [0.4, 0.5) is 11.4 Å². The zero-order valence-corrected chi connectivity index (χ0v) is 17.6. The van der Waals surface area contributed by atoms with E-state index in [1.807, 2.05) is 36.2 Å². The third-order valence-corrected chi connectivity index (χ3v) is 5.41. The van der Waals surface area contributed by atoms with E-state index in [0.29, 0.717) is 12.2 Å². The van der Waals surface area contributed by atoms with E-state index in [1.165, 1.54) is 0 Å². The van der Waals surface area contributed by atoms with Crippen LogP contribution in [0.5, 0.6) is 5.75 Å². The number of likely N-dealkylation sites (N-methyl/N-ethyl adjacent to an activating group) is 1. The van der Waals surface area contributed by atoms with E-state index in [0.717, 1.165) is 43.1 Å². The molecule has 30 heavy (non-hydrogen) atoms. The number of hydrogen-bond acceptors (Lipinski definition) is 4. The first-order valence-corrected chi connectivity index (χ1v) is 10.2. The molecule has 0 saturated carbocycles. The first kappa shape index (κ1) is 21.4. The van der Waals surface area contributed by atoms with E-state index in [-0.39, 0.29) is 17.9 Å². The number of nitrogens with zero attached hydrogens (tertiary/aromatic N) is 2. The molecule has 1 fully saturated rings. The minimum Gasteiger partial charge on any atom is -0.493 e. The first-order valence-electron chi connectivity index (χ1n) is 10.2. The summed E-state index contributed by atoms with van der Waals surface area (Å²) in [6.07, 6.45) is 3.55. The highest BCUT2D eigenvalue weighted by atomic mass is 16.5. The van der Waals surface area contributed by atoms with Crippen molar-refractivity contribution in [3.05, 3.63) is 66.7 Å². The summed E-state index contributed by atoms with van der Waals surface area (Å²) in [6.45, 7) is 7.57. The van der Waals surface area contributed by atoms with Gasteiger partial charge in [0.25, 0.3) is 5.91 Å². The van der Waals surface area contributed by atoms with Crippen molar-refractivity contribution in [1.82, 2.24) is 4.90 Å².